The summed E-state index contributed by atoms with van der Waals surface area (Å²) in [6.45, 7) is 10.2. The van der Waals surface area contributed by atoms with E-state index in [0.29, 0.717) is 18.4 Å². The molecule has 7 nitrogen and oxygen atoms in total. The SMILES string of the molecule is C=C1C(=O)O[C@@H]2/C=C(\C)CC/C=C(/COC(=O)C(C)C)C(OC(C)=O)[C@@H](O)[C@@H]12. The maximum Gasteiger partial charge on any atom is 0.334 e. The summed E-state index contributed by atoms with van der Waals surface area (Å²) in [5.74, 6) is -2.66. The van der Waals surface area contributed by atoms with Gasteiger partial charge in [0.05, 0.1) is 11.8 Å². The molecule has 0 aromatic carbocycles. The van der Waals surface area contributed by atoms with E-state index >= 15 is 0 Å². The lowest BCUT2D eigenvalue weighted by Gasteiger charge is -2.31. The molecule has 1 saturated heterocycles. The van der Waals surface area contributed by atoms with Gasteiger partial charge in [0.2, 0.25) is 0 Å². The first-order valence-corrected chi connectivity index (χ1v) is 9.39. The van der Waals surface area contributed by atoms with Gasteiger partial charge in [0, 0.05) is 18.1 Å². The summed E-state index contributed by atoms with van der Waals surface area (Å²) in [6, 6.07) is 0. The van der Waals surface area contributed by atoms with Crippen LogP contribution < -0.4 is 0 Å². The van der Waals surface area contributed by atoms with Crippen molar-refractivity contribution in [1.29, 1.82) is 0 Å². The summed E-state index contributed by atoms with van der Waals surface area (Å²) in [6.07, 6.45) is 1.83. The van der Waals surface area contributed by atoms with Gasteiger partial charge in [-0.3, -0.25) is 9.59 Å². The highest BCUT2D eigenvalue weighted by atomic mass is 16.6. The molecule has 1 aliphatic carbocycles. The lowest BCUT2D eigenvalue weighted by Crippen LogP contribution is -2.42. The Morgan fingerprint density at radius 1 is 1.39 bits per heavy atom. The lowest BCUT2D eigenvalue weighted by atomic mass is 9.84. The molecule has 0 aromatic rings. The van der Waals surface area contributed by atoms with Crippen LogP contribution in [0.25, 0.3) is 0 Å². The van der Waals surface area contributed by atoms with Crippen LogP contribution in [0.5, 0.6) is 0 Å². The summed E-state index contributed by atoms with van der Waals surface area (Å²) in [5, 5.41) is 11.0. The summed E-state index contributed by atoms with van der Waals surface area (Å²) in [4.78, 5) is 35.6. The Bertz CT molecular complexity index is 716. The minimum Gasteiger partial charge on any atom is -0.461 e. The highest BCUT2D eigenvalue weighted by molar-refractivity contribution is 5.91. The average molecular weight is 392 g/mol. The van der Waals surface area contributed by atoms with E-state index in [1.165, 1.54) is 6.92 Å². The van der Waals surface area contributed by atoms with Gasteiger partial charge in [-0.05, 0) is 25.8 Å². The molecule has 1 aliphatic heterocycles. The molecule has 1 N–H and O–H groups in total. The molecular formula is C21H28O7. The van der Waals surface area contributed by atoms with Gasteiger partial charge in [0.25, 0.3) is 0 Å². The highest BCUT2D eigenvalue weighted by Crippen LogP contribution is 2.35. The summed E-state index contributed by atoms with van der Waals surface area (Å²) in [5.41, 5.74) is 1.58. The van der Waals surface area contributed by atoms with Gasteiger partial charge in [0.15, 0.2) is 6.10 Å². The zero-order valence-electron chi connectivity index (χ0n) is 16.8. The number of fused-ring (bicyclic) bond motifs is 1. The third kappa shape index (κ3) is 5.10. The van der Waals surface area contributed by atoms with Crippen molar-refractivity contribution in [1.82, 2.24) is 0 Å². The number of rotatable bonds is 4. The monoisotopic (exact) mass is 392 g/mol. The van der Waals surface area contributed by atoms with Crippen molar-refractivity contribution in [2.75, 3.05) is 6.61 Å². The van der Waals surface area contributed by atoms with E-state index in [0.717, 1.165) is 5.57 Å². The van der Waals surface area contributed by atoms with Crippen LogP contribution in [0.15, 0.2) is 35.5 Å². The Balaban J connectivity index is 2.40. The number of allylic oxidation sites excluding steroid dienone is 2. The van der Waals surface area contributed by atoms with Gasteiger partial charge in [-0.1, -0.05) is 32.1 Å². The van der Waals surface area contributed by atoms with Gasteiger partial charge in [-0.2, -0.15) is 0 Å². The molecule has 0 saturated carbocycles. The number of hydrogen-bond acceptors (Lipinski definition) is 7. The lowest BCUT2D eigenvalue weighted by molar-refractivity contribution is -0.154. The van der Waals surface area contributed by atoms with Crippen LogP contribution in [0, 0.1) is 11.8 Å². The van der Waals surface area contributed by atoms with Gasteiger partial charge < -0.3 is 19.3 Å². The molecule has 1 heterocycles. The highest BCUT2D eigenvalue weighted by Gasteiger charge is 2.46. The zero-order chi connectivity index (χ0) is 21.0. The maximum absolute atomic E-state index is 12.0. The van der Waals surface area contributed by atoms with Crippen molar-refractivity contribution in [3.63, 3.8) is 0 Å². The van der Waals surface area contributed by atoms with Crippen LogP contribution in [0.2, 0.25) is 0 Å². The number of aliphatic hydroxyl groups excluding tert-OH is 1. The van der Waals surface area contributed by atoms with Crippen molar-refractivity contribution in [3.8, 4) is 0 Å². The molecule has 0 amide bonds. The van der Waals surface area contributed by atoms with E-state index in [4.69, 9.17) is 14.2 Å². The molecule has 1 unspecified atom stereocenters. The number of aliphatic hydroxyl groups is 1. The fraction of sp³-hybridized carbons (Fsp3) is 0.571. The van der Waals surface area contributed by atoms with E-state index in [-0.39, 0.29) is 18.1 Å². The number of ether oxygens (including phenoxy) is 3. The van der Waals surface area contributed by atoms with Crippen LogP contribution in [0.4, 0.5) is 0 Å². The van der Waals surface area contributed by atoms with Crippen LogP contribution >= 0.6 is 0 Å². The smallest absolute Gasteiger partial charge is 0.334 e. The van der Waals surface area contributed by atoms with Crippen molar-refractivity contribution in [2.45, 2.75) is 58.8 Å². The Labute approximate surface area is 165 Å². The number of carbonyl (C=O) groups excluding carboxylic acids is 3. The number of carbonyl (C=O) groups is 3. The number of hydrogen-bond donors (Lipinski definition) is 1. The van der Waals surface area contributed by atoms with Gasteiger partial charge in [-0.15, -0.1) is 0 Å². The third-order valence-corrected chi connectivity index (χ3v) is 4.84. The zero-order valence-corrected chi connectivity index (χ0v) is 16.8. The van der Waals surface area contributed by atoms with Gasteiger partial charge in [-0.25, -0.2) is 4.79 Å². The predicted molar refractivity (Wildman–Crippen MR) is 101 cm³/mol. The molecule has 7 heteroatoms. The molecule has 28 heavy (non-hydrogen) atoms. The van der Waals surface area contributed by atoms with Gasteiger partial charge in [0.1, 0.15) is 18.8 Å². The first-order chi connectivity index (χ1) is 13.1. The molecule has 0 bridgehead atoms. The van der Waals surface area contributed by atoms with Crippen molar-refractivity contribution >= 4 is 17.9 Å². The molecule has 0 aromatic heterocycles. The maximum atomic E-state index is 12.0. The average Bonchev–Trinajstić information content (AvgIpc) is 2.88. The molecule has 0 spiro atoms. The van der Waals surface area contributed by atoms with Crippen molar-refractivity contribution in [3.05, 3.63) is 35.5 Å². The minimum absolute atomic E-state index is 0.118. The van der Waals surface area contributed by atoms with Crippen LogP contribution in [-0.2, 0) is 28.6 Å². The molecule has 1 fully saturated rings. The normalized spacial score (nSPS) is 31.8. The molecule has 4 atom stereocenters. The largest absolute Gasteiger partial charge is 0.461 e. The molecule has 2 rings (SSSR count). The van der Waals surface area contributed by atoms with Gasteiger partial charge >= 0.3 is 17.9 Å². The first kappa shape index (κ1) is 21.9. The van der Waals surface area contributed by atoms with Crippen molar-refractivity contribution in [2.24, 2.45) is 11.8 Å². The summed E-state index contributed by atoms with van der Waals surface area (Å²) < 4.78 is 16.0. The van der Waals surface area contributed by atoms with Crippen molar-refractivity contribution < 1.29 is 33.7 Å². The van der Waals surface area contributed by atoms with E-state index in [1.807, 2.05) is 13.0 Å². The molecule has 0 radical (unpaired) electrons. The number of esters is 3. The Hall–Kier alpha value is -2.41. The third-order valence-electron chi connectivity index (χ3n) is 4.84. The first-order valence-electron chi connectivity index (χ1n) is 9.39. The van der Waals surface area contributed by atoms with Crippen LogP contribution in [0.1, 0.15) is 40.5 Å². The summed E-state index contributed by atoms with van der Waals surface area (Å²) in [7, 11) is 0. The van der Waals surface area contributed by atoms with E-state index in [9.17, 15) is 19.5 Å². The predicted octanol–water partition coefficient (Wildman–Crippen LogP) is 2.24. The topological polar surface area (TPSA) is 99.1 Å². The fourth-order valence-electron chi connectivity index (χ4n) is 3.30. The van der Waals surface area contributed by atoms with E-state index < -0.39 is 42.1 Å². The Kier molecular flexibility index (Phi) is 7.18. The van der Waals surface area contributed by atoms with E-state index in [1.54, 1.807) is 19.9 Å². The molecular weight excluding hydrogens is 364 g/mol. The Morgan fingerprint density at radius 3 is 2.68 bits per heavy atom. The standard InChI is InChI=1S/C21H28O7/c1-11(2)20(24)26-10-15-8-6-7-12(3)9-16-17(13(4)21(25)28-16)18(23)19(15)27-14(5)22/h8-9,11,16-19,23H,4,6-7,10H2,1-3,5H3/b12-9+,15-8-/t16-,17+,18+,19?/m1/s1. The van der Waals surface area contributed by atoms with Crippen LogP contribution in [0.3, 0.4) is 0 Å². The second kappa shape index (κ2) is 9.19. The Morgan fingerprint density at radius 2 is 2.07 bits per heavy atom. The van der Waals surface area contributed by atoms with E-state index in [2.05, 4.69) is 6.58 Å². The quantitative estimate of drug-likeness (QED) is 0.339. The second-order valence-corrected chi connectivity index (χ2v) is 7.53. The molecule has 2 aliphatic rings. The second-order valence-electron chi connectivity index (χ2n) is 7.53. The molecule has 154 valence electrons. The van der Waals surface area contributed by atoms with Crippen LogP contribution in [-0.4, -0.2) is 47.9 Å². The minimum atomic E-state index is -1.28. The fourth-order valence-corrected chi connectivity index (χ4v) is 3.30. The summed E-state index contributed by atoms with van der Waals surface area (Å²) >= 11 is 0.